The molecule has 0 radical (unpaired) electrons. The fourth-order valence-corrected chi connectivity index (χ4v) is 2.04. The van der Waals surface area contributed by atoms with Crippen LogP contribution in [-0.2, 0) is 0 Å². The van der Waals surface area contributed by atoms with E-state index in [0.717, 1.165) is 22.4 Å². The lowest BCUT2D eigenvalue weighted by molar-refractivity contribution is 0.234. The van der Waals surface area contributed by atoms with Gasteiger partial charge in [-0.15, -0.1) is 0 Å². The van der Waals surface area contributed by atoms with Gasteiger partial charge in [0.2, 0.25) is 0 Å². The van der Waals surface area contributed by atoms with E-state index in [1.807, 2.05) is 32.9 Å². The van der Waals surface area contributed by atoms with Crippen LogP contribution in [0.4, 0.5) is 10.5 Å². The highest BCUT2D eigenvalue weighted by atomic mass is 16.5. The maximum atomic E-state index is 11.8. The van der Waals surface area contributed by atoms with Crippen LogP contribution in [0.5, 0.6) is 11.5 Å². The molecule has 22 heavy (non-hydrogen) atoms. The third-order valence-corrected chi connectivity index (χ3v) is 3.45. The van der Waals surface area contributed by atoms with Gasteiger partial charge in [-0.3, -0.25) is 0 Å². The minimum Gasteiger partial charge on any atom is -0.508 e. The van der Waals surface area contributed by atoms with Crippen LogP contribution in [0.15, 0.2) is 36.4 Å². The molecule has 116 valence electrons. The fourth-order valence-electron chi connectivity index (χ4n) is 2.04. The van der Waals surface area contributed by atoms with Gasteiger partial charge in [0.05, 0.1) is 0 Å². The Morgan fingerprint density at radius 1 is 1.05 bits per heavy atom. The van der Waals surface area contributed by atoms with Crippen LogP contribution in [0.3, 0.4) is 0 Å². The van der Waals surface area contributed by atoms with Gasteiger partial charge in [0, 0.05) is 5.69 Å². The minimum absolute atomic E-state index is 0.0784. The highest BCUT2D eigenvalue weighted by molar-refractivity contribution is 5.89. The van der Waals surface area contributed by atoms with Crippen molar-refractivity contribution in [2.45, 2.75) is 20.8 Å². The van der Waals surface area contributed by atoms with E-state index in [2.05, 4.69) is 10.6 Å². The van der Waals surface area contributed by atoms with Crippen LogP contribution < -0.4 is 15.4 Å². The highest BCUT2D eigenvalue weighted by Crippen LogP contribution is 2.25. The molecule has 5 heteroatoms. The third kappa shape index (κ3) is 3.91. The molecule has 0 heterocycles. The number of ether oxygens (including phenoxy) is 1. The molecule has 2 rings (SSSR count). The van der Waals surface area contributed by atoms with Gasteiger partial charge in [-0.2, -0.15) is 0 Å². The van der Waals surface area contributed by atoms with Gasteiger partial charge >= 0.3 is 6.03 Å². The number of aromatic hydroxyl groups is 1. The Bertz CT molecular complexity index is 666. The predicted octanol–water partition coefficient (Wildman–Crippen LogP) is 3.48. The van der Waals surface area contributed by atoms with E-state index in [1.165, 1.54) is 12.1 Å². The van der Waals surface area contributed by atoms with Crippen LogP contribution in [0.1, 0.15) is 16.7 Å². The second kappa shape index (κ2) is 6.85. The predicted molar refractivity (Wildman–Crippen MR) is 86.4 cm³/mol. The summed E-state index contributed by atoms with van der Waals surface area (Å²) >= 11 is 0. The quantitative estimate of drug-likeness (QED) is 0.598. The molecule has 0 aliphatic heterocycles. The van der Waals surface area contributed by atoms with Crippen molar-refractivity contribution in [2.24, 2.45) is 0 Å². The first kappa shape index (κ1) is 15.7. The van der Waals surface area contributed by atoms with Crippen LogP contribution >= 0.6 is 0 Å². The topological polar surface area (TPSA) is 70.6 Å². The van der Waals surface area contributed by atoms with Crippen molar-refractivity contribution in [2.75, 3.05) is 12.0 Å². The zero-order valence-corrected chi connectivity index (χ0v) is 12.9. The largest absolute Gasteiger partial charge is 0.508 e. The molecule has 5 nitrogen and oxygen atoms in total. The Kier molecular flexibility index (Phi) is 4.88. The molecule has 0 saturated carbocycles. The molecule has 2 aromatic carbocycles. The zero-order valence-electron chi connectivity index (χ0n) is 12.9. The van der Waals surface area contributed by atoms with Crippen molar-refractivity contribution in [3.05, 3.63) is 53.1 Å². The van der Waals surface area contributed by atoms with Gasteiger partial charge in [0.25, 0.3) is 0 Å². The number of aryl methyl sites for hydroxylation is 2. The molecule has 3 N–H and O–H groups in total. The number of hydrogen-bond donors (Lipinski definition) is 3. The van der Waals surface area contributed by atoms with Crippen molar-refractivity contribution >= 4 is 11.7 Å². The zero-order chi connectivity index (χ0) is 16.1. The number of carbonyl (C=O) groups excluding carboxylic acids is 1. The van der Waals surface area contributed by atoms with Gasteiger partial charge in [0.1, 0.15) is 11.5 Å². The summed E-state index contributed by atoms with van der Waals surface area (Å²) in [5.41, 5.74) is 3.84. The number of phenolic OH excluding ortho intramolecular Hbond substituents is 1. The Morgan fingerprint density at radius 3 is 2.36 bits per heavy atom. The smallest absolute Gasteiger partial charge is 0.321 e. The molecule has 0 aliphatic carbocycles. The Labute approximate surface area is 129 Å². The number of nitrogens with one attached hydrogen (secondary N) is 2. The Balaban J connectivity index is 1.87. The summed E-state index contributed by atoms with van der Waals surface area (Å²) in [6.07, 6.45) is 0. The fraction of sp³-hybridized carbons (Fsp3) is 0.235. The number of hydrogen-bond acceptors (Lipinski definition) is 3. The lowest BCUT2D eigenvalue weighted by Crippen LogP contribution is -2.32. The standard InChI is InChI=1S/C17H20N2O3/c1-11-4-5-12(2)16(13(11)3)22-10-18-17(21)19-14-6-8-15(20)9-7-14/h4-9,20H,10H2,1-3H3,(H2,18,19,21). The maximum absolute atomic E-state index is 11.8. The molecule has 0 saturated heterocycles. The van der Waals surface area contributed by atoms with Gasteiger partial charge in [-0.1, -0.05) is 12.1 Å². The Hall–Kier alpha value is -2.69. The van der Waals surface area contributed by atoms with Crippen molar-refractivity contribution < 1.29 is 14.6 Å². The van der Waals surface area contributed by atoms with Crippen LogP contribution in [0.2, 0.25) is 0 Å². The minimum atomic E-state index is -0.367. The summed E-state index contributed by atoms with van der Waals surface area (Å²) in [4.78, 5) is 11.8. The second-order valence-corrected chi connectivity index (χ2v) is 5.12. The normalized spacial score (nSPS) is 10.1. The number of amides is 2. The summed E-state index contributed by atoms with van der Waals surface area (Å²) < 4.78 is 5.66. The van der Waals surface area contributed by atoms with E-state index in [9.17, 15) is 9.90 Å². The van der Waals surface area contributed by atoms with Crippen molar-refractivity contribution in [3.8, 4) is 11.5 Å². The number of phenols is 1. The van der Waals surface area contributed by atoms with E-state index < -0.39 is 0 Å². The monoisotopic (exact) mass is 300 g/mol. The first-order valence-electron chi connectivity index (χ1n) is 7.01. The Morgan fingerprint density at radius 2 is 1.68 bits per heavy atom. The molecule has 0 fully saturated rings. The van der Waals surface area contributed by atoms with Crippen LogP contribution in [0.25, 0.3) is 0 Å². The highest BCUT2D eigenvalue weighted by Gasteiger charge is 2.07. The lowest BCUT2D eigenvalue weighted by atomic mass is 10.1. The molecule has 0 unspecified atom stereocenters. The molecular weight excluding hydrogens is 280 g/mol. The van der Waals surface area contributed by atoms with Gasteiger partial charge in [0.15, 0.2) is 6.73 Å². The van der Waals surface area contributed by atoms with E-state index in [-0.39, 0.29) is 18.5 Å². The first-order valence-corrected chi connectivity index (χ1v) is 7.01. The number of rotatable bonds is 4. The second-order valence-electron chi connectivity index (χ2n) is 5.12. The average Bonchev–Trinajstić information content (AvgIpc) is 2.49. The summed E-state index contributed by atoms with van der Waals surface area (Å²) in [5.74, 6) is 0.949. The summed E-state index contributed by atoms with van der Waals surface area (Å²) in [5, 5.41) is 14.5. The summed E-state index contributed by atoms with van der Waals surface area (Å²) in [6.45, 7) is 6.06. The summed E-state index contributed by atoms with van der Waals surface area (Å²) in [6, 6.07) is 9.91. The molecule has 2 amide bonds. The molecule has 0 aliphatic rings. The molecule has 0 aromatic heterocycles. The first-order chi connectivity index (χ1) is 10.5. The van der Waals surface area contributed by atoms with E-state index in [1.54, 1.807) is 12.1 Å². The van der Waals surface area contributed by atoms with Gasteiger partial charge in [-0.25, -0.2) is 4.79 Å². The van der Waals surface area contributed by atoms with Crippen LogP contribution in [0, 0.1) is 20.8 Å². The van der Waals surface area contributed by atoms with Crippen LogP contribution in [-0.4, -0.2) is 17.9 Å². The maximum Gasteiger partial charge on any atom is 0.321 e. The van der Waals surface area contributed by atoms with Crippen molar-refractivity contribution in [3.63, 3.8) is 0 Å². The van der Waals surface area contributed by atoms with E-state index in [4.69, 9.17) is 4.74 Å². The molecule has 0 spiro atoms. The number of carbonyl (C=O) groups is 1. The van der Waals surface area contributed by atoms with E-state index in [0.29, 0.717) is 5.69 Å². The molecular formula is C17H20N2O3. The summed E-state index contributed by atoms with van der Waals surface area (Å²) in [7, 11) is 0. The molecule has 0 atom stereocenters. The lowest BCUT2D eigenvalue weighted by Gasteiger charge is -2.14. The SMILES string of the molecule is Cc1ccc(C)c(OCNC(=O)Nc2ccc(O)cc2)c1C. The van der Waals surface area contributed by atoms with Gasteiger partial charge < -0.3 is 20.5 Å². The number of benzene rings is 2. The molecule has 2 aromatic rings. The van der Waals surface area contributed by atoms with Gasteiger partial charge in [-0.05, 0) is 61.7 Å². The number of anilines is 1. The third-order valence-electron chi connectivity index (χ3n) is 3.45. The molecule has 0 bridgehead atoms. The number of urea groups is 1. The van der Waals surface area contributed by atoms with Crippen molar-refractivity contribution in [1.29, 1.82) is 0 Å². The van der Waals surface area contributed by atoms with E-state index >= 15 is 0 Å². The van der Waals surface area contributed by atoms with Crippen molar-refractivity contribution in [1.82, 2.24) is 5.32 Å². The average molecular weight is 300 g/mol.